The zero-order chi connectivity index (χ0) is 27.5. The fraction of sp³-hybridized carbons (Fsp3) is 0.964. The summed E-state index contributed by atoms with van der Waals surface area (Å²) in [7, 11) is 2.09. The van der Waals surface area contributed by atoms with Crippen molar-refractivity contribution in [3.63, 3.8) is 0 Å². The fourth-order valence-electron chi connectivity index (χ4n) is 8.95. The SMILES string of the molecule is C[C@H](C1CC2C(=O)N(C3CCCC(C4(CC5NNCN5C)COC4)C3)CC2C(C(F)(F)F)C1)N1CC[C@H](F)C1. The van der Waals surface area contributed by atoms with E-state index in [4.69, 9.17) is 4.74 Å². The molecule has 6 rings (SSSR count). The molecule has 1 amide bonds. The van der Waals surface area contributed by atoms with Crippen LogP contribution in [0.1, 0.15) is 58.3 Å². The summed E-state index contributed by atoms with van der Waals surface area (Å²) in [5.41, 5.74) is 6.60. The van der Waals surface area contributed by atoms with Gasteiger partial charge in [0, 0.05) is 43.1 Å². The number of rotatable bonds is 6. The first-order valence-corrected chi connectivity index (χ1v) is 15.1. The zero-order valence-electron chi connectivity index (χ0n) is 23.3. The standard InChI is InChI=1S/C28H45F4N5O2/c1-17(36-7-6-20(29)12-36)18-8-22-23(24(9-18)28(30,31)32)13-37(26(22)38)21-5-3-4-19(10-21)27(14-39-15-27)11-25-34-33-16-35(25)2/h17-25,33-34H,3-16H2,1-2H3/t17-,18?,19?,20+,21?,22?,23?,24?,25?/m1/s1. The van der Waals surface area contributed by atoms with E-state index in [1.807, 2.05) is 16.7 Å². The number of carbonyl (C=O) groups excluding carboxylic acids is 1. The van der Waals surface area contributed by atoms with Gasteiger partial charge in [-0.15, -0.1) is 0 Å². The maximum absolute atomic E-state index is 14.4. The van der Waals surface area contributed by atoms with Crippen LogP contribution in [0.4, 0.5) is 17.6 Å². The lowest BCUT2D eigenvalue weighted by Crippen LogP contribution is -2.56. The number of alkyl halides is 4. The summed E-state index contributed by atoms with van der Waals surface area (Å²) in [5, 5.41) is 0. The van der Waals surface area contributed by atoms with E-state index in [0.717, 1.165) is 38.8 Å². The molecule has 0 aromatic carbocycles. The Kier molecular flexibility index (Phi) is 7.70. The molecule has 0 aromatic heterocycles. The average Bonchev–Trinajstić information content (AvgIpc) is 3.58. The van der Waals surface area contributed by atoms with Crippen LogP contribution < -0.4 is 10.9 Å². The lowest BCUT2D eigenvalue weighted by atomic mass is 9.64. The fourth-order valence-corrected chi connectivity index (χ4v) is 8.95. The van der Waals surface area contributed by atoms with Crippen molar-refractivity contribution in [2.45, 2.75) is 88.9 Å². The van der Waals surface area contributed by atoms with Gasteiger partial charge in [-0.2, -0.15) is 13.2 Å². The van der Waals surface area contributed by atoms with E-state index in [1.165, 1.54) is 0 Å². The van der Waals surface area contributed by atoms with Crippen molar-refractivity contribution in [2.75, 3.05) is 46.6 Å². The highest BCUT2D eigenvalue weighted by Gasteiger charge is 2.59. The topological polar surface area (TPSA) is 60.1 Å². The summed E-state index contributed by atoms with van der Waals surface area (Å²) in [6.07, 6.45) is 0.698. The van der Waals surface area contributed by atoms with Crippen LogP contribution >= 0.6 is 0 Å². The van der Waals surface area contributed by atoms with Crippen LogP contribution in [0.15, 0.2) is 0 Å². The zero-order valence-corrected chi connectivity index (χ0v) is 23.3. The molecule has 6 fully saturated rings. The van der Waals surface area contributed by atoms with E-state index in [2.05, 4.69) is 22.8 Å². The Morgan fingerprint density at radius 2 is 1.92 bits per heavy atom. The normalized spacial score (nSPS) is 42.5. The van der Waals surface area contributed by atoms with Crippen molar-refractivity contribution in [2.24, 2.45) is 35.0 Å². The molecule has 0 aromatic rings. The van der Waals surface area contributed by atoms with Crippen LogP contribution in [0.5, 0.6) is 0 Å². The molecular formula is C28H45F4N5O2. The van der Waals surface area contributed by atoms with Gasteiger partial charge in [-0.05, 0) is 76.7 Å². The molecule has 4 heterocycles. The van der Waals surface area contributed by atoms with E-state index in [1.54, 1.807) is 0 Å². The molecule has 0 radical (unpaired) electrons. The lowest BCUT2D eigenvalue weighted by Gasteiger charge is -2.52. The van der Waals surface area contributed by atoms with E-state index >= 15 is 0 Å². The molecule has 2 N–H and O–H groups in total. The number of hydrazine groups is 1. The van der Waals surface area contributed by atoms with Gasteiger partial charge in [0.05, 0.1) is 32.0 Å². The van der Waals surface area contributed by atoms with Gasteiger partial charge < -0.3 is 9.64 Å². The summed E-state index contributed by atoms with van der Waals surface area (Å²) >= 11 is 0. The maximum Gasteiger partial charge on any atom is 0.392 e. The number of ether oxygens (including phenoxy) is 1. The first-order valence-electron chi connectivity index (χ1n) is 15.1. The number of likely N-dealkylation sites (tertiary alicyclic amines) is 2. The Morgan fingerprint density at radius 1 is 1.13 bits per heavy atom. The molecule has 222 valence electrons. The minimum absolute atomic E-state index is 0.00218. The Bertz CT molecular complexity index is 904. The predicted molar refractivity (Wildman–Crippen MR) is 138 cm³/mol. The second kappa shape index (κ2) is 10.7. The van der Waals surface area contributed by atoms with E-state index in [9.17, 15) is 22.4 Å². The van der Waals surface area contributed by atoms with Gasteiger partial charge in [-0.25, -0.2) is 15.2 Å². The molecule has 9 atom stereocenters. The summed E-state index contributed by atoms with van der Waals surface area (Å²) in [4.78, 5) is 20.0. The van der Waals surface area contributed by atoms with Gasteiger partial charge in [0.2, 0.25) is 5.91 Å². The second-order valence-electron chi connectivity index (χ2n) is 13.6. The monoisotopic (exact) mass is 559 g/mol. The Labute approximate surface area is 229 Å². The summed E-state index contributed by atoms with van der Waals surface area (Å²) in [6, 6.07) is -0.143. The maximum atomic E-state index is 14.4. The van der Waals surface area contributed by atoms with Gasteiger partial charge in [-0.3, -0.25) is 14.6 Å². The van der Waals surface area contributed by atoms with Crippen molar-refractivity contribution in [1.29, 1.82) is 0 Å². The van der Waals surface area contributed by atoms with Gasteiger partial charge in [0.25, 0.3) is 0 Å². The molecule has 11 heteroatoms. The minimum atomic E-state index is -4.33. The number of halogens is 4. The third-order valence-electron chi connectivity index (χ3n) is 11.5. The minimum Gasteiger partial charge on any atom is -0.380 e. The van der Waals surface area contributed by atoms with E-state index < -0.39 is 30.1 Å². The molecule has 4 saturated heterocycles. The van der Waals surface area contributed by atoms with Crippen molar-refractivity contribution in [3.8, 4) is 0 Å². The van der Waals surface area contributed by atoms with Crippen LogP contribution in [-0.4, -0.2) is 97.8 Å². The Hall–Kier alpha value is -1.01. The highest BCUT2D eigenvalue weighted by atomic mass is 19.4. The van der Waals surface area contributed by atoms with Crippen molar-refractivity contribution in [1.82, 2.24) is 25.6 Å². The van der Waals surface area contributed by atoms with Crippen molar-refractivity contribution in [3.05, 3.63) is 0 Å². The average molecular weight is 560 g/mol. The smallest absolute Gasteiger partial charge is 0.380 e. The molecule has 39 heavy (non-hydrogen) atoms. The second-order valence-corrected chi connectivity index (χ2v) is 13.6. The van der Waals surface area contributed by atoms with Crippen LogP contribution in [0.3, 0.4) is 0 Å². The van der Waals surface area contributed by atoms with Crippen LogP contribution in [0, 0.1) is 35.0 Å². The third-order valence-corrected chi connectivity index (χ3v) is 11.5. The van der Waals surface area contributed by atoms with Crippen molar-refractivity contribution < 1.29 is 27.1 Å². The van der Waals surface area contributed by atoms with E-state index in [0.29, 0.717) is 45.1 Å². The number of amides is 1. The number of nitrogens with zero attached hydrogens (tertiary/aromatic N) is 3. The summed E-state index contributed by atoms with van der Waals surface area (Å²) in [6.45, 7) is 5.24. The van der Waals surface area contributed by atoms with Crippen molar-refractivity contribution >= 4 is 5.91 Å². The Morgan fingerprint density at radius 3 is 2.54 bits per heavy atom. The number of hydrogen-bond donors (Lipinski definition) is 2. The highest BCUT2D eigenvalue weighted by molar-refractivity contribution is 5.82. The highest BCUT2D eigenvalue weighted by Crippen LogP contribution is 2.53. The summed E-state index contributed by atoms with van der Waals surface area (Å²) in [5.74, 6) is -2.63. The number of fused-ring (bicyclic) bond motifs is 1. The largest absolute Gasteiger partial charge is 0.392 e. The molecule has 7 unspecified atom stereocenters. The van der Waals surface area contributed by atoms with Crippen LogP contribution in [0.25, 0.3) is 0 Å². The molecule has 7 nitrogen and oxygen atoms in total. The molecule has 0 spiro atoms. The van der Waals surface area contributed by atoms with Gasteiger partial charge in [0.15, 0.2) is 0 Å². The number of hydrogen-bond acceptors (Lipinski definition) is 6. The molecule has 2 saturated carbocycles. The lowest BCUT2D eigenvalue weighted by molar-refractivity contribution is -0.205. The molecule has 0 bridgehead atoms. The quantitative estimate of drug-likeness (QED) is 0.487. The first-order chi connectivity index (χ1) is 18.6. The third kappa shape index (κ3) is 5.24. The van der Waals surface area contributed by atoms with Gasteiger partial charge in [0.1, 0.15) is 6.17 Å². The summed E-state index contributed by atoms with van der Waals surface area (Å²) < 4.78 is 62.9. The molecule has 6 aliphatic rings. The Balaban J connectivity index is 1.16. The van der Waals surface area contributed by atoms with Crippen LogP contribution in [-0.2, 0) is 9.53 Å². The van der Waals surface area contributed by atoms with E-state index in [-0.39, 0.29) is 48.5 Å². The first kappa shape index (κ1) is 28.1. The van der Waals surface area contributed by atoms with Gasteiger partial charge in [-0.1, -0.05) is 6.42 Å². The number of carbonyl (C=O) groups is 1. The van der Waals surface area contributed by atoms with Gasteiger partial charge >= 0.3 is 6.18 Å². The molecular weight excluding hydrogens is 514 g/mol. The predicted octanol–water partition coefficient (Wildman–Crippen LogP) is 3.37. The molecule has 4 aliphatic heterocycles. The van der Waals surface area contributed by atoms with Crippen LogP contribution in [0.2, 0.25) is 0 Å². The molecule has 2 aliphatic carbocycles. The number of nitrogens with one attached hydrogen (secondary N) is 2.